The first-order valence-electron chi connectivity index (χ1n) is 6.02. The summed E-state index contributed by atoms with van der Waals surface area (Å²) in [6.07, 6.45) is 4.69. The Morgan fingerprint density at radius 3 is 2.67 bits per heavy atom. The molecule has 0 aliphatic heterocycles. The summed E-state index contributed by atoms with van der Waals surface area (Å²) in [7, 11) is 1.59. The molecule has 1 rings (SSSR count). The highest BCUT2D eigenvalue weighted by Crippen LogP contribution is 2.07. The van der Waals surface area contributed by atoms with Crippen LogP contribution in [0.1, 0.15) is 29.6 Å². The topological polar surface area (TPSA) is 52.1 Å². The van der Waals surface area contributed by atoms with Gasteiger partial charge in [0.25, 0.3) is 0 Å². The summed E-state index contributed by atoms with van der Waals surface area (Å²) in [5.41, 5.74) is 3.09. The number of hydrogen-bond donors (Lipinski definition) is 1. The van der Waals surface area contributed by atoms with Crippen molar-refractivity contribution < 1.29 is 19.8 Å². The molecule has 0 aliphatic carbocycles. The Bertz CT molecular complexity index is 373. The van der Waals surface area contributed by atoms with Crippen LogP contribution in [0, 0.1) is 0 Å². The molecule has 4 heteroatoms. The number of hydrogen-bond acceptors (Lipinski definition) is 3. The Kier molecular flexibility index (Phi) is 6.76. The standard InChI is InChI=1S/C14H19NO3/c1-3-4-5-6-11-18-14(16)12-7-9-13(10-8-12)15-17-2/h3,7-10,15H,1,4-6,11H2,2H3/p+1. The van der Waals surface area contributed by atoms with Crippen molar-refractivity contribution in [3.63, 3.8) is 0 Å². The van der Waals surface area contributed by atoms with Crippen molar-refractivity contribution >= 4 is 11.7 Å². The van der Waals surface area contributed by atoms with Gasteiger partial charge in [-0.05, 0) is 31.4 Å². The lowest BCUT2D eigenvalue weighted by Gasteiger charge is -2.04. The van der Waals surface area contributed by atoms with Crippen LogP contribution in [0.5, 0.6) is 0 Å². The number of esters is 1. The SMILES string of the molecule is C=CCCCCOC(=O)c1ccc([NH2+]OC)cc1. The maximum Gasteiger partial charge on any atom is 0.338 e. The molecule has 1 aromatic carbocycles. The van der Waals surface area contributed by atoms with Gasteiger partial charge >= 0.3 is 5.97 Å². The van der Waals surface area contributed by atoms with E-state index in [1.165, 1.54) is 0 Å². The minimum Gasteiger partial charge on any atom is -0.462 e. The van der Waals surface area contributed by atoms with Gasteiger partial charge in [-0.3, -0.25) is 0 Å². The molecule has 0 saturated carbocycles. The van der Waals surface area contributed by atoms with Gasteiger partial charge in [0, 0.05) is 12.1 Å². The van der Waals surface area contributed by atoms with Gasteiger partial charge in [-0.1, -0.05) is 6.08 Å². The van der Waals surface area contributed by atoms with E-state index in [-0.39, 0.29) is 5.97 Å². The summed E-state index contributed by atoms with van der Waals surface area (Å²) >= 11 is 0. The molecular formula is C14H20NO3+. The number of carbonyl (C=O) groups excluding carboxylic acids is 1. The monoisotopic (exact) mass is 250 g/mol. The molecule has 18 heavy (non-hydrogen) atoms. The third kappa shape index (κ3) is 5.12. The molecule has 0 saturated heterocycles. The van der Waals surface area contributed by atoms with Gasteiger partial charge in [-0.2, -0.15) is 5.48 Å². The molecule has 4 nitrogen and oxygen atoms in total. The summed E-state index contributed by atoms with van der Waals surface area (Å²) in [5.74, 6) is -0.280. The van der Waals surface area contributed by atoms with E-state index in [2.05, 4.69) is 6.58 Å². The molecule has 0 unspecified atom stereocenters. The van der Waals surface area contributed by atoms with E-state index in [1.807, 2.05) is 18.2 Å². The lowest BCUT2D eigenvalue weighted by atomic mass is 10.2. The highest BCUT2D eigenvalue weighted by Gasteiger charge is 2.07. The third-order valence-corrected chi connectivity index (χ3v) is 2.44. The Labute approximate surface area is 108 Å². The molecular weight excluding hydrogens is 230 g/mol. The number of unbranched alkanes of at least 4 members (excludes halogenated alkanes) is 2. The van der Waals surface area contributed by atoms with Crippen LogP contribution < -0.4 is 5.48 Å². The fourth-order valence-electron chi connectivity index (χ4n) is 1.47. The lowest BCUT2D eigenvalue weighted by molar-refractivity contribution is -0.830. The molecule has 0 bridgehead atoms. The maximum atomic E-state index is 11.7. The van der Waals surface area contributed by atoms with E-state index < -0.39 is 0 Å². The summed E-state index contributed by atoms with van der Waals surface area (Å²) in [6.45, 7) is 4.10. The second-order valence-electron chi connectivity index (χ2n) is 3.90. The van der Waals surface area contributed by atoms with Gasteiger partial charge in [0.1, 0.15) is 0 Å². The molecule has 0 spiro atoms. The van der Waals surface area contributed by atoms with Crippen molar-refractivity contribution in [2.75, 3.05) is 13.7 Å². The zero-order chi connectivity index (χ0) is 13.2. The first-order valence-corrected chi connectivity index (χ1v) is 6.02. The predicted molar refractivity (Wildman–Crippen MR) is 69.4 cm³/mol. The van der Waals surface area contributed by atoms with Crippen molar-refractivity contribution in [1.82, 2.24) is 0 Å². The van der Waals surface area contributed by atoms with Crippen LogP contribution in [0.2, 0.25) is 0 Å². The Morgan fingerprint density at radius 2 is 2.06 bits per heavy atom. The van der Waals surface area contributed by atoms with Crippen LogP contribution >= 0.6 is 0 Å². The van der Waals surface area contributed by atoms with E-state index >= 15 is 0 Å². The molecule has 0 fully saturated rings. The average molecular weight is 250 g/mol. The molecule has 1 aromatic rings. The van der Waals surface area contributed by atoms with Crippen LogP contribution in [-0.4, -0.2) is 19.7 Å². The number of ether oxygens (including phenoxy) is 1. The molecule has 0 atom stereocenters. The number of allylic oxidation sites excluding steroid dienone is 1. The van der Waals surface area contributed by atoms with Crippen LogP contribution in [0.4, 0.5) is 5.69 Å². The van der Waals surface area contributed by atoms with Gasteiger partial charge in [0.2, 0.25) is 0 Å². The summed E-state index contributed by atoms with van der Waals surface area (Å²) in [4.78, 5) is 16.5. The first kappa shape index (κ1) is 14.4. The van der Waals surface area contributed by atoms with Crippen molar-refractivity contribution in [3.05, 3.63) is 42.5 Å². The highest BCUT2D eigenvalue weighted by molar-refractivity contribution is 5.89. The van der Waals surface area contributed by atoms with Crippen molar-refractivity contribution in [2.24, 2.45) is 0 Å². The molecule has 98 valence electrons. The average Bonchev–Trinajstić information content (AvgIpc) is 2.39. The van der Waals surface area contributed by atoms with E-state index in [0.29, 0.717) is 12.2 Å². The van der Waals surface area contributed by atoms with E-state index in [0.717, 1.165) is 24.9 Å². The first-order chi connectivity index (χ1) is 8.77. The van der Waals surface area contributed by atoms with E-state index in [9.17, 15) is 4.79 Å². The minimum atomic E-state index is -0.280. The second-order valence-corrected chi connectivity index (χ2v) is 3.90. The number of carbonyl (C=O) groups is 1. The van der Waals surface area contributed by atoms with Crippen molar-refractivity contribution in [1.29, 1.82) is 0 Å². The smallest absolute Gasteiger partial charge is 0.338 e. The van der Waals surface area contributed by atoms with Crippen LogP contribution in [0.25, 0.3) is 0 Å². The minimum absolute atomic E-state index is 0.280. The predicted octanol–water partition coefficient (Wildman–Crippen LogP) is 1.96. The van der Waals surface area contributed by atoms with Gasteiger partial charge in [0.15, 0.2) is 5.69 Å². The van der Waals surface area contributed by atoms with Crippen molar-refractivity contribution in [2.45, 2.75) is 19.3 Å². The molecule has 0 aliphatic rings. The summed E-state index contributed by atoms with van der Waals surface area (Å²) < 4.78 is 5.16. The van der Waals surface area contributed by atoms with Gasteiger partial charge < -0.3 is 4.74 Å². The molecule has 0 heterocycles. The van der Waals surface area contributed by atoms with Crippen LogP contribution in [0.15, 0.2) is 36.9 Å². The maximum absolute atomic E-state index is 11.7. The van der Waals surface area contributed by atoms with Gasteiger partial charge in [-0.25, -0.2) is 9.63 Å². The Balaban J connectivity index is 2.34. The quantitative estimate of drug-likeness (QED) is 0.252. The molecule has 2 N–H and O–H groups in total. The zero-order valence-electron chi connectivity index (χ0n) is 10.7. The number of nitrogens with two attached hydrogens (primary N) is 1. The second kappa shape index (κ2) is 8.44. The van der Waals surface area contributed by atoms with E-state index in [4.69, 9.17) is 9.57 Å². The van der Waals surface area contributed by atoms with E-state index in [1.54, 1.807) is 24.7 Å². The lowest BCUT2D eigenvalue weighted by Crippen LogP contribution is -2.75. The van der Waals surface area contributed by atoms with Gasteiger partial charge in [-0.15, -0.1) is 6.58 Å². The largest absolute Gasteiger partial charge is 0.462 e. The van der Waals surface area contributed by atoms with Crippen molar-refractivity contribution in [3.8, 4) is 0 Å². The molecule has 0 radical (unpaired) electrons. The number of quaternary nitrogens is 1. The Hall–Kier alpha value is -1.65. The zero-order valence-corrected chi connectivity index (χ0v) is 10.7. The summed E-state index contributed by atoms with van der Waals surface area (Å²) in [5, 5.41) is 0. The highest BCUT2D eigenvalue weighted by atomic mass is 16.6. The summed E-state index contributed by atoms with van der Waals surface area (Å²) in [6, 6.07) is 7.10. The fourth-order valence-corrected chi connectivity index (χ4v) is 1.47. The third-order valence-electron chi connectivity index (χ3n) is 2.44. The normalized spacial score (nSPS) is 10.1. The van der Waals surface area contributed by atoms with Crippen LogP contribution in [-0.2, 0) is 9.57 Å². The van der Waals surface area contributed by atoms with Gasteiger partial charge in [0.05, 0.1) is 19.3 Å². The molecule has 0 aromatic heterocycles. The number of benzene rings is 1. The Morgan fingerprint density at radius 1 is 1.33 bits per heavy atom. The van der Waals surface area contributed by atoms with Crippen LogP contribution in [0.3, 0.4) is 0 Å². The fraction of sp³-hybridized carbons (Fsp3) is 0.357. The number of rotatable bonds is 8. The molecule has 0 amide bonds.